The van der Waals surface area contributed by atoms with Gasteiger partial charge in [-0.3, -0.25) is 33.6 Å². The number of esters is 7. The Labute approximate surface area is 272 Å². The van der Waals surface area contributed by atoms with Crippen molar-refractivity contribution in [2.75, 3.05) is 0 Å². The minimum atomic E-state index is -0.861. The molecule has 16 nitrogen and oxygen atoms in total. The van der Waals surface area contributed by atoms with Crippen LogP contribution in [0.1, 0.15) is 48.5 Å². The first kappa shape index (κ1) is 36.0. The molecule has 252 valence electrons. The van der Waals surface area contributed by atoms with E-state index in [0.29, 0.717) is 0 Å². The first-order chi connectivity index (χ1) is 22.5. The summed E-state index contributed by atoms with van der Waals surface area (Å²) in [6.07, 6.45) is 0. The maximum absolute atomic E-state index is 12.2. The third kappa shape index (κ3) is 10.9. The van der Waals surface area contributed by atoms with Gasteiger partial charge < -0.3 is 42.6 Å². The van der Waals surface area contributed by atoms with Crippen LogP contribution in [-0.4, -0.2) is 41.8 Å². The fraction of sp³-hybridized carbons (Fsp3) is 0.219. The van der Waals surface area contributed by atoms with Gasteiger partial charge in [0.2, 0.25) is 11.5 Å². The van der Waals surface area contributed by atoms with E-state index >= 15 is 0 Å². The summed E-state index contributed by atoms with van der Waals surface area (Å²) in [6, 6.07) is 8.06. The summed E-state index contributed by atoms with van der Waals surface area (Å²) < 4.78 is 48.5. The number of carbonyl (C=O) groups is 7. The lowest BCUT2D eigenvalue weighted by Crippen LogP contribution is -2.10. The minimum absolute atomic E-state index is 0.111. The van der Waals surface area contributed by atoms with E-state index in [0.717, 1.165) is 72.7 Å². The molecule has 0 fully saturated rings. The predicted octanol–water partition coefficient (Wildman–Crippen LogP) is 4.75. The Morgan fingerprint density at radius 2 is 0.562 bits per heavy atom. The number of rotatable bonds is 11. The molecule has 0 aromatic heterocycles. The van der Waals surface area contributed by atoms with E-state index in [4.69, 9.17) is 42.6 Å². The molecule has 0 aliphatic carbocycles. The van der Waals surface area contributed by atoms with Crippen molar-refractivity contribution in [1.29, 1.82) is 0 Å². The van der Waals surface area contributed by atoms with Crippen LogP contribution in [0.15, 0.2) is 42.5 Å². The number of benzene rings is 3. The van der Waals surface area contributed by atoms with Crippen molar-refractivity contribution in [3.05, 3.63) is 42.5 Å². The van der Waals surface area contributed by atoms with Crippen molar-refractivity contribution in [1.82, 2.24) is 0 Å². The molecule has 16 heteroatoms. The average molecular weight is 669 g/mol. The standard InChI is InChI=1S/C32H28O16/c1-15(33)40-22-8-23(41-16(2)34)10-24(9-22)47-31-27(44-19(5)37)11-26(43-18(4)36)14-30(31)48-32-28(45-20(6)38)12-25(42-17(3)35)13-29(32)46-21(7)39/h8-14H,1-7H3. The van der Waals surface area contributed by atoms with Gasteiger partial charge in [-0.15, -0.1) is 0 Å². The molecule has 0 N–H and O–H groups in total. The van der Waals surface area contributed by atoms with E-state index in [1.165, 1.54) is 18.2 Å². The number of carbonyl (C=O) groups excluding carboxylic acids is 7. The first-order valence-corrected chi connectivity index (χ1v) is 13.6. The maximum Gasteiger partial charge on any atom is 0.308 e. The van der Waals surface area contributed by atoms with Crippen LogP contribution in [0.2, 0.25) is 0 Å². The van der Waals surface area contributed by atoms with Gasteiger partial charge in [-0.25, -0.2) is 0 Å². The topological polar surface area (TPSA) is 203 Å². The molecule has 0 bridgehead atoms. The summed E-state index contributed by atoms with van der Waals surface area (Å²) in [5.74, 6) is -8.83. The van der Waals surface area contributed by atoms with Gasteiger partial charge in [0, 0.05) is 90.9 Å². The molecule has 3 aromatic carbocycles. The zero-order valence-corrected chi connectivity index (χ0v) is 26.6. The smallest absolute Gasteiger partial charge is 0.308 e. The Morgan fingerprint density at radius 1 is 0.312 bits per heavy atom. The van der Waals surface area contributed by atoms with Crippen molar-refractivity contribution >= 4 is 41.8 Å². The Morgan fingerprint density at radius 3 is 0.875 bits per heavy atom. The third-order valence-electron chi connectivity index (χ3n) is 5.08. The first-order valence-electron chi connectivity index (χ1n) is 13.6. The van der Waals surface area contributed by atoms with Crippen molar-refractivity contribution < 1.29 is 76.2 Å². The van der Waals surface area contributed by atoms with E-state index in [2.05, 4.69) is 0 Å². The quantitative estimate of drug-likeness (QED) is 0.200. The average Bonchev–Trinajstić information content (AvgIpc) is 2.89. The van der Waals surface area contributed by atoms with Crippen LogP contribution >= 0.6 is 0 Å². The van der Waals surface area contributed by atoms with Crippen molar-refractivity contribution in [3.8, 4) is 63.2 Å². The molecule has 0 unspecified atom stereocenters. The Bertz CT molecular complexity index is 1730. The Kier molecular flexibility index (Phi) is 11.8. The second-order valence-electron chi connectivity index (χ2n) is 9.50. The monoisotopic (exact) mass is 668 g/mol. The number of hydrogen-bond acceptors (Lipinski definition) is 16. The highest BCUT2D eigenvalue weighted by molar-refractivity contribution is 5.78. The molecule has 0 atom stereocenters. The van der Waals surface area contributed by atoms with E-state index in [1.807, 2.05) is 0 Å². The summed E-state index contributed by atoms with van der Waals surface area (Å²) in [4.78, 5) is 83.2. The van der Waals surface area contributed by atoms with Crippen molar-refractivity contribution in [2.45, 2.75) is 48.5 Å². The van der Waals surface area contributed by atoms with Crippen LogP contribution in [0.25, 0.3) is 0 Å². The van der Waals surface area contributed by atoms with Gasteiger partial charge >= 0.3 is 41.8 Å². The molecular formula is C32H28O16. The van der Waals surface area contributed by atoms with Crippen LogP contribution in [-0.2, 0) is 33.6 Å². The van der Waals surface area contributed by atoms with Gasteiger partial charge in [-0.2, -0.15) is 0 Å². The summed E-state index contributed by atoms with van der Waals surface area (Å²) in [7, 11) is 0. The molecule has 0 amide bonds. The third-order valence-corrected chi connectivity index (χ3v) is 5.08. The molecule has 0 radical (unpaired) electrons. The van der Waals surface area contributed by atoms with Gasteiger partial charge in [0.15, 0.2) is 23.0 Å². The predicted molar refractivity (Wildman–Crippen MR) is 159 cm³/mol. The SMILES string of the molecule is CC(=O)Oc1cc(OC(C)=O)cc(Oc2c(OC(C)=O)cc(OC(C)=O)cc2Oc2c(OC(C)=O)cc(OC(C)=O)cc2OC(C)=O)c1. The normalized spacial score (nSPS) is 10.1. The molecule has 48 heavy (non-hydrogen) atoms. The van der Waals surface area contributed by atoms with E-state index < -0.39 is 70.5 Å². The molecule has 0 heterocycles. The van der Waals surface area contributed by atoms with Gasteiger partial charge in [0.05, 0.1) is 0 Å². The van der Waals surface area contributed by atoms with Crippen LogP contribution in [0.4, 0.5) is 0 Å². The number of ether oxygens (including phenoxy) is 9. The van der Waals surface area contributed by atoms with Crippen LogP contribution < -0.4 is 42.6 Å². The van der Waals surface area contributed by atoms with E-state index in [9.17, 15) is 33.6 Å². The second kappa shape index (κ2) is 15.7. The van der Waals surface area contributed by atoms with Crippen molar-refractivity contribution in [2.24, 2.45) is 0 Å². The van der Waals surface area contributed by atoms with E-state index in [-0.39, 0.29) is 34.5 Å². The summed E-state index contributed by atoms with van der Waals surface area (Å²) in [5.41, 5.74) is 0. The zero-order valence-electron chi connectivity index (χ0n) is 26.6. The lowest BCUT2D eigenvalue weighted by Gasteiger charge is -2.20. The Hall–Kier alpha value is -6.45. The lowest BCUT2D eigenvalue weighted by atomic mass is 10.2. The fourth-order valence-electron chi connectivity index (χ4n) is 3.81. The molecule has 0 saturated carbocycles. The van der Waals surface area contributed by atoms with Gasteiger partial charge in [-0.1, -0.05) is 0 Å². The minimum Gasteiger partial charge on any atom is -0.449 e. The summed E-state index contributed by atoms with van der Waals surface area (Å²) in [6.45, 7) is 7.63. The maximum atomic E-state index is 12.2. The second-order valence-corrected chi connectivity index (χ2v) is 9.50. The van der Waals surface area contributed by atoms with Crippen LogP contribution in [0.5, 0.6) is 63.2 Å². The highest BCUT2D eigenvalue weighted by atomic mass is 16.6. The number of hydrogen-bond donors (Lipinski definition) is 0. The molecular weight excluding hydrogens is 640 g/mol. The summed E-state index contributed by atoms with van der Waals surface area (Å²) in [5, 5.41) is 0. The fourth-order valence-corrected chi connectivity index (χ4v) is 3.81. The van der Waals surface area contributed by atoms with Crippen LogP contribution in [0.3, 0.4) is 0 Å². The lowest BCUT2D eigenvalue weighted by molar-refractivity contribution is -0.133. The summed E-state index contributed by atoms with van der Waals surface area (Å²) >= 11 is 0. The largest absolute Gasteiger partial charge is 0.449 e. The van der Waals surface area contributed by atoms with E-state index in [1.54, 1.807) is 0 Å². The van der Waals surface area contributed by atoms with Crippen LogP contribution in [0, 0.1) is 0 Å². The zero-order chi connectivity index (χ0) is 35.7. The van der Waals surface area contributed by atoms with Crippen molar-refractivity contribution in [3.63, 3.8) is 0 Å². The highest BCUT2D eigenvalue weighted by Crippen LogP contribution is 2.51. The van der Waals surface area contributed by atoms with Gasteiger partial charge in [0.1, 0.15) is 28.7 Å². The molecule has 3 rings (SSSR count). The van der Waals surface area contributed by atoms with Gasteiger partial charge in [-0.05, 0) is 0 Å². The Balaban J connectivity index is 2.35. The molecule has 3 aromatic rings. The molecule has 0 aliphatic rings. The highest BCUT2D eigenvalue weighted by Gasteiger charge is 2.26. The van der Waals surface area contributed by atoms with Gasteiger partial charge in [0.25, 0.3) is 0 Å². The molecule has 0 aliphatic heterocycles. The molecule has 0 saturated heterocycles. The molecule has 0 spiro atoms.